The summed E-state index contributed by atoms with van der Waals surface area (Å²) in [6.07, 6.45) is 1.34. The number of nitrogens with one attached hydrogen (secondary N) is 2. The van der Waals surface area contributed by atoms with Gasteiger partial charge in [0.25, 0.3) is 5.91 Å². The van der Waals surface area contributed by atoms with Gasteiger partial charge in [0, 0.05) is 13.7 Å². The molecule has 7 nitrogen and oxygen atoms in total. The fraction of sp³-hybridized carbons (Fsp3) is 0.364. The van der Waals surface area contributed by atoms with E-state index < -0.39 is 5.91 Å². The van der Waals surface area contributed by atoms with Gasteiger partial charge >= 0.3 is 0 Å². The molecule has 0 aliphatic carbocycles. The molecule has 1 heterocycles. The summed E-state index contributed by atoms with van der Waals surface area (Å²) in [7, 11) is 1.53. The summed E-state index contributed by atoms with van der Waals surface area (Å²) in [6.45, 7) is 0.629. The Bertz CT molecular complexity index is 467. The second kappa shape index (κ2) is 7.55. The number of aromatic nitrogens is 1. The highest BCUT2D eigenvalue weighted by Gasteiger charge is 2.12. The van der Waals surface area contributed by atoms with Gasteiger partial charge < -0.3 is 21.1 Å². The van der Waals surface area contributed by atoms with Crippen molar-refractivity contribution in [1.82, 2.24) is 15.6 Å². The topological polar surface area (TPSA) is 106 Å². The normalized spacial score (nSPS) is 10.0. The largest absolute Gasteiger partial charge is 0.397 e. The second-order valence-corrected chi connectivity index (χ2v) is 3.99. The monoisotopic (exact) mass is 286 g/mol. The van der Waals surface area contributed by atoms with Crippen molar-refractivity contribution < 1.29 is 14.3 Å². The number of hydrogen-bond donors (Lipinski definition) is 3. The summed E-state index contributed by atoms with van der Waals surface area (Å²) in [5, 5.41) is 5.02. The molecule has 0 saturated heterocycles. The predicted molar refractivity (Wildman–Crippen MR) is 70.9 cm³/mol. The Balaban J connectivity index is 2.47. The first kappa shape index (κ1) is 15.2. The molecule has 1 rings (SSSR count). The van der Waals surface area contributed by atoms with Gasteiger partial charge in [-0.05, 0) is 6.07 Å². The Hall–Kier alpha value is -1.86. The average molecular weight is 287 g/mol. The Labute approximate surface area is 115 Å². The number of nitrogens with two attached hydrogens (primary N) is 1. The molecule has 1 aromatic heterocycles. The van der Waals surface area contributed by atoms with E-state index in [0.29, 0.717) is 18.8 Å². The summed E-state index contributed by atoms with van der Waals surface area (Å²) in [4.78, 5) is 26.9. The van der Waals surface area contributed by atoms with Crippen LogP contribution >= 0.6 is 11.6 Å². The van der Waals surface area contributed by atoms with Gasteiger partial charge in [-0.3, -0.25) is 9.59 Å². The van der Waals surface area contributed by atoms with Crippen molar-refractivity contribution in [2.75, 3.05) is 32.5 Å². The van der Waals surface area contributed by atoms with E-state index in [-0.39, 0.29) is 23.2 Å². The van der Waals surface area contributed by atoms with Gasteiger partial charge in [0.1, 0.15) is 5.15 Å². The number of nitrogens with zero attached hydrogens (tertiary/aromatic N) is 1. The number of carbonyl (C=O) groups excluding carboxylic acids is 2. The molecule has 104 valence electrons. The zero-order valence-corrected chi connectivity index (χ0v) is 11.2. The van der Waals surface area contributed by atoms with Crippen LogP contribution in [0.15, 0.2) is 12.3 Å². The minimum Gasteiger partial charge on any atom is -0.397 e. The molecule has 0 spiro atoms. The molecule has 0 aliphatic heterocycles. The first-order chi connectivity index (χ1) is 9.04. The summed E-state index contributed by atoms with van der Waals surface area (Å²) < 4.78 is 4.77. The highest BCUT2D eigenvalue weighted by Crippen LogP contribution is 2.14. The minimum absolute atomic E-state index is 0.0338. The molecule has 1 aromatic rings. The van der Waals surface area contributed by atoms with E-state index in [1.54, 1.807) is 0 Å². The number of carbonyl (C=O) groups is 2. The molecule has 0 fully saturated rings. The number of methoxy groups -OCH3 is 1. The van der Waals surface area contributed by atoms with E-state index in [4.69, 9.17) is 22.1 Å². The minimum atomic E-state index is -0.508. The first-order valence-corrected chi connectivity index (χ1v) is 5.87. The van der Waals surface area contributed by atoms with Gasteiger partial charge in [0.15, 0.2) is 0 Å². The lowest BCUT2D eigenvalue weighted by Gasteiger charge is -2.07. The van der Waals surface area contributed by atoms with Crippen LogP contribution < -0.4 is 16.4 Å². The fourth-order valence-corrected chi connectivity index (χ4v) is 1.42. The third-order valence-electron chi connectivity index (χ3n) is 2.14. The summed E-state index contributed by atoms with van der Waals surface area (Å²) in [5.74, 6) is -0.829. The summed E-state index contributed by atoms with van der Waals surface area (Å²) in [6, 6.07) is 1.40. The van der Waals surface area contributed by atoms with Crippen molar-refractivity contribution in [3.63, 3.8) is 0 Å². The quantitative estimate of drug-likeness (QED) is 0.496. The molecule has 0 atom stereocenters. The number of pyridine rings is 1. The van der Waals surface area contributed by atoms with Crippen LogP contribution in [0.2, 0.25) is 5.15 Å². The predicted octanol–water partition coefficient (Wildman–Crippen LogP) is -0.190. The van der Waals surface area contributed by atoms with Gasteiger partial charge in [-0.15, -0.1) is 0 Å². The van der Waals surface area contributed by atoms with Crippen molar-refractivity contribution in [3.05, 3.63) is 23.0 Å². The maximum absolute atomic E-state index is 11.8. The van der Waals surface area contributed by atoms with Crippen LogP contribution in [-0.4, -0.2) is 43.6 Å². The van der Waals surface area contributed by atoms with Crippen LogP contribution in [0.3, 0.4) is 0 Å². The number of anilines is 1. The lowest BCUT2D eigenvalue weighted by Crippen LogP contribution is -2.38. The molecule has 0 bridgehead atoms. The molecule has 2 amide bonds. The van der Waals surface area contributed by atoms with E-state index in [9.17, 15) is 9.59 Å². The molecule has 0 aromatic carbocycles. The molecular weight excluding hydrogens is 272 g/mol. The van der Waals surface area contributed by atoms with Gasteiger partial charge in [0.05, 0.1) is 30.6 Å². The van der Waals surface area contributed by atoms with E-state index in [1.165, 1.54) is 19.4 Å². The number of ether oxygens (including phenoxy) is 1. The molecule has 19 heavy (non-hydrogen) atoms. The van der Waals surface area contributed by atoms with Crippen molar-refractivity contribution in [2.45, 2.75) is 0 Å². The first-order valence-electron chi connectivity index (χ1n) is 5.49. The Morgan fingerprint density at radius 2 is 2.21 bits per heavy atom. The SMILES string of the molecule is COCCNC(=O)CNC(=O)c1cc(N)cnc1Cl. The number of hydrogen-bond acceptors (Lipinski definition) is 5. The maximum atomic E-state index is 11.8. The highest BCUT2D eigenvalue weighted by atomic mass is 35.5. The molecule has 0 aliphatic rings. The van der Waals surface area contributed by atoms with Crippen LogP contribution in [0, 0.1) is 0 Å². The van der Waals surface area contributed by atoms with Crippen molar-refractivity contribution in [2.24, 2.45) is 0 Å². The van der Waals surface area contributed by atoms with Crippen LogP contribution in [-0.2, 0) is 9.53 Å². The van der Waals surface area contributed by atoms with E-state index in [2.05, 4.69) is 15.6 Å². The van der Waals surface area contributed by atoms with Gasteiger partial charge in [-0.1, -0.05) is 11.6 Å². The molecule has 8 heteroatoms. The third kappa shape index (κ3) is 5.11. The smallest absolute Gasteiger partial charge is 0.254 e. The fourth-order valence-electron chi connectivity index (χ4n) is 1.23. The Kier molecular flexibility index (Phi) is 6.04. The lowest BCUT2D eigenvalue weighted by atomic mass is 10.2. The number of nitrogen functional groups attached to an aromatic ring is 1. The summed E-state index contributed by atoms with van der Waals surface area (Å²) in [5.41, 5.74) is 5.96. The zero-order valence-electron chi connectivity index (χ0n) is 10.4. The Morgan fingerprint density at radius 3 is 2.89 bits per heavy atom. The van der Waals surface area contributed by atoms with E-state index in [1.807, 2.05) is 0 Å². The van der Waals surface area contributed by atoms with Crippen LogP contribution in [0.5, 0.6) is 0 Å². The molecule has 0 saturated carbocycles. The number of rotatable bonds is 6. The third-order valence-corrected chi connectivity index (χ3v) is 2.44. The lowest BCUT2D eigenvalue weighted by molar-refractivity contribution is -0.120. The van der Waals surface area contributed by atoms with Crippen molar-refractivity contribution >= 4 is 29.1 Å². The van der Waals surface area contributed by atoms with Gasteiger partial charge in [-0.2, -0.15) is 0 Å². The highest BCUT2D eigenvalue weighted by molar-refractivity contribution is 6.32. The van der Waals surface area contributed by atoms with Crippen molar-refractivity contribution in [3.8, 4) is 0 Å². The van der Waals surface area contributed by atoms with Crippen LogP contribution in [0.4, 0.5) is 5.69 Å². The molecular formula is C11H15ClN4O3. The van der Waals surface area contributed by atoms with Crippen LogP contribution in [0.1, 0.15) is 10.4 Å². The molecule has 0 radical (unpaired) electrons. The number of halogens is 1. The van der Waals surface area contributed by atoms with Gasteiger partial charge in [0.2, 0.25) is 5.91 Å². The maximum Gasteiger partial charge on any atom is 0.254 e. The Morgan fingerprint density at radius 1 is 1.47 bits per heavy atom. The second-order valence-electron chi connectivity index (χ2n) is 3.63. The summed E-state index contributed by atoms with van der Waals surface area (Å²) >= 11 is 5.76. The van der Waals surface area contributed by atoms with E-state index in [0.717, 1.165) is 0 Å². The molecule has 0 unspecified atom stereocenters. The van der Waals surface area contributed by atoms with Gasteiger partial charge in [-0.25, -0.2) is 4.98 Å². The van der Waals surface area contributed by atoms with Crippen LogP contribution in [0.25, 0.3) is 0 Å². The standard InChI is InChI=1S/C11H15ClN4O3/c1-19-3-2-14-9(17)6-16-11(18)8-4-7(13)5-15-10(8)12/h4-5H,2-3,6,13H2,1H3,(H,14,17)(H,16,18). The van der Waals surface area contributed by atoms with E-state index >= 15 is 0 Å². The average Bonchev–Trinajstić information content (AvgIpc) is 2.39. The van der Waals surface area contributed by atoms with Crippen molar-refractivity contribution in [1.29, 1.82) is 0 Å². The zero-order chi connectivity index (χ0) is 14.3. The molecule has 4 N–H and O–H groups in total. The number of amides is 2.